The van der Waals surface area contributed by atoms with Crippen LogP contribution in [0.4, 0.5) is 11.4 Å². The molecule has 0 unspecified atom stereocenters. The van der Waals surface area contributed by atoms with Crippen LogP contribution in [-0.2, 0) is 14.3 Å². The van der Waals surface area contributed by atoms with Crippen LogP contribution >= 0.6 is 34.8 Å². The molecule has 9 heteroatoms. The van der Waals surface area contributed by atoms with E-state index in [2.05, 4.69) is 5.32 Å². The Morgan fingerprint density at radius 3 is 2.28 bits per heavy atom. The van der Waals surface area contributed by atoms with Crippen molar-refractivity contribution in [1.82, 2.24) is 0 Å². The lowest BCUT2D eigenvalue weighted by Gasteiger charge is -2.16. The third kappa shape index (κ3) is 4.56. The Morgan fingerprint density at radius 1 is 1.00 bits per heavy atom. The van der Waals surface area contributed by atoms with Gasteiger partial charge in [-0.25, -0.2) is 9.69 Å². The van der Waals surface area contributed by atoms with E-state index < -0.39 is 17.8 Å². The maximum Gasteiger partial charge on any atom is 0.338 e. The van der Waals surface area contributed by atoms with Crippen LogP contribution < -0.4 is 10.2 Å². The molecular weight excluding hydrogens is 439 g/mol. The summed E-state index contributed by atoms with van der Waals surface area (Å²) in [5.41, 5.74) is 0.753. The van der Waals surface area contributed by atoms with E-state index >= 15 is 0 Å². The van der Waals surface area contributed by atoms with Crippen molar-refractivity contribution in [2.75, 3.05) is 10.2 Å². The van der Waals surface area contributed by atoms with Gasteiger partial charge in [-0.1, -0.05) is 40.9 Å². The number of benzene rings is 2. The molecular formula is C20H15Cl3N2O4. The summed E-state index contributed by atoms with van der Waals surface area (Å²) in [5.74, 6) is -1.89. The summed E-state index contributed by atoms with van der Waals surface area (Å²) in [7, 11) is 0. The fraction of sp³-hybridized carbons (Fsp3) is 0.150. The predicted molar refractivity (Wildman–Crippen MR) is 112 cm³/mol. The molecule has 0 aromatic heterocycles. The van der Waals surface area contributed by atoms with E-state index in [1.807, 2.05) is 0 Å². The van der Waals surface area contributed by atoms with Crippen molar-refractivity contribution in [3.05, 3.63) is 68.8 Å². The summed E-state index contributed by atoms with van der Waals surface area (Å²) in [4.78, 5) is 38.3. The molecule has 1 aliphatic heterocycles. The van der Waals surface area contributed by atoms with Gasteiger partial charge in [-0.15, -0.1) is 0 Å². The molecule has 1 aliphatic rings. The van der Waals surface area contributed by atoms with E-state index in [1.165, 1.54) is 24.3 Å². The van der Waals surface area contributed by atoms with Crippen LogP contribution in [0.1, 0.15) is 24.2 Å². The first-order valence-electron chi connectivity index (χ1n) is 8.50. The Labute approximate surface area is 182 Å². The molecule has 0 radical (unpaired) electrons. The molecule has 0 bridgehead atoms. The van der Waals surface area contributed by atoms with E-state index in [-0.39, 0.29) is 38.1 Å². The van der Waals surface area contributed by atoms with Gasteiger partial charge in [0, 0.05) is 15.7 Å². The van der Waals surface area contributed by atoms with Crippen molar-refractivity contribution in [3.63, 3.8) is 0 Å². The summed E-state index contributed by atoms with van der Waals surface area (Å²) in [6, 6.07) is 10.7. The van der Waals surface area contributed by atoms with Gasteiger partial charge in [-0.3, -0.25) is 9.59 Å². The standard InChI is InChI=1S/C20H15Cl3N2O4/c1-10(2)29-20(28)11-4-3-5-14(6-11)24-17-16(23)18(26)25(19(17)27)15-8-12(21)7-13(22)9-15/h3-10,24H,1-2H3. The lowest BCUT2D eigenvalue weighted by molar-refractivity contribution is -0.120. The zero-order chi connectivity index (χ0) is 21.3. The fourth-order valence-corrected chi connectivity index (χ4v) is 3.39. The number of halogens is 3. The van der Waals surface area contributed by atoms with Crippen LogP contribution in [-0.4, -0.2) is 23.9 Å². The van der Waals surface area contributed by atoms with Gasteiger partial charge in [0.05, 0.1) is 17.4 Å². The van der Waals surface area contributed by atoms with Crippen LogP contribution in [0.15, 0.2) is 53.2 Å². The van der Waals surface area contributed by atoms with Crippen LogP contribution in [0.3, 0.4) is 0 Å². The van der Waals surface area contributed by atoms with Gasteiger partial charge in [-0.05, 0) is 50.2 Å². The number of esters is 1. The number of carbonyl (C=O) groups is 3. The zero-order valence-corrected chi connectivity index (χ0v) is 17.6. The summed E-state index contributed by atoms with van der Waals surface area (Å²) in [5, 5.41) is 3.05. The normalized spacial score (nSPS) is 14.1. The molecule has 0 spiro atoms. The number of hydrogen-bond donors (Lipinski definition) is 1. The second-order valence-electron chi connectivity index (χ2n) is 6.42. The highest BCUT2D eigenvalue weighted by atomic mass is 35.5. The molecule has 6 nitrogen and oxygen atoms in total. The van der Waals surface area contributed by atoms with Crippen LogP contribution in [0.25, 0.3) is 0 Å². The van der Waals surface area contributed by atoms with Gasteiger partial charge in [-0.2, -0.15) is 0 Å². The molecule has 29 heavy (non-hydrogen) atoms. The molecule has 0 aliphatic carbocycles. The Hall–Kier alpha value is -2.54. The van der Waals surface area contributed by atoms with Gasteiger partial charge in [0.1, 0.15) is 10.7 Å². The molecule has 3 rings (SSSR count). The van der Waals surface area contributed by atoms with Crippen molar-refractivity contribution in [2.24, 2.45) is 0 Å². The quantitative estimate of drug-likeness (QED) is 0.509. The molecule has 0 saturated carbocycles. The molecule has 150 valence electrons. The number of hydrogen-bond acceptors (Lipinski definition) is 5. The van der Waals surface area contributed by atoms with Gasteiger partial charge >= 0.3 is 5.97 Å². The molecule has 1 N–H and O–H groups in total. The first-order valence-corrected chi connectivity index (χ1v) is 9.63. The van der Waals surface area contributed by atoms with Gasteiger partial charge in [0.15, 0.2) is 0 Å². The third-order valence-corrected chi connectivity index (χ3v) is 4.63. The molecule has 0 fully saturated rings. The number of amides is 2. The molecule has 2 amide bonds. The van der Waals surface area contributed by atoms with E-state index in [4.69, 9.17) is 39.5 Å². The van der Waals surface area contributed by atoms with E-state index in [1.54, 1.807) is 32.0 Å². The first kappa shape index (κ1) is 21.2. The number of anilines is 2. The van der Waals surface area contributed by atoms with Crippen molar-refractivity contribution >= 4 is 64.0 Å². The fourth-order valence-electron chi connectivity index (χ4n) is 2.66. The minimum absolute atomic E-state index is 0.123. The Balaban J connectivity index is 1.87. The largest absolute Gasteiger partial charge is 0.459 e. The van der Waals surface area contributed by atoms with Crippen molar-refractivity contribution in [3.8, 4) is 0 Å². The lowest BCUT2D eigenvalue weighted by Crippen LogP contribution is -2.32. The number of carbonyl (C=O) groups excluding carboxylic acids is 3. The Kier molecular flexibility index (Phi) is 6.17. The maximum absolute atomic E-state index is 12.8. The second-order valence-corrected chi connectivity index (χ2v) is 7.67. The molecule has 2 aromatic carbocycles. The van der Waals surface area contributed by atoms with Gasteiger partial charge in [0.25, 0.3) is 11.8 Å². The van der Waals surface area contributed by atoms with Crippen molar-refractivity contribution in [2.45, 2.75) is 20.0 Å². The highest BCUT2D eigenvalue weighted by molar-refractivity contribution is 6.53. The summed E-state index contributed by atoms with van der Waals surface area (Å²) >= 11 is 18.1. The smallest absolute Gasteiger partial charge is 0.338 e. The van der Waals surface area contributed by atoms with Gasteiger partial charge < -0.3 is 10.1 Å². The summed E-state index contributed by atoms with van der Waals surface area (Å²) < 4.78 is 5.16. The first-order chi connectivity index (χ1) is 13.7. The number of ether oxygens (including phenoxy) is 1. The molecule has 0 atom stereocenters. The molecule has 0 saturated heterocycles. The average Bonchev–Trinajstić information content (AvgIpc) is 2.84. The number of nitrogens with one attached hydrogen (secondary N) is 1. The van der Waals surface area contributed by atoms with Crippen molar-refractivity contribution < 1.29 is 19.1 Å². The Morgan fingerprint density at radius 2 is 1.66 bits per heavy atom. The minimum atomic E-state index is -0.715. The minimum Gasteiger partial charge on any atom is -0.459 e. The predicted octanol–water partition coefficient (Wildman–Crippen LogP) is 4.99. The van der Waals surface area contributed by atoms with Crippen LogP contribution in [0.5, 0.6) is 0 Å². The number of nitrogens with zero attached hydrogens (tertiary/aromatic N) is 1. The van der Waals surface area contributed by atoms with E-state index in [9.17, 15) is 14.4 Å². The monoisotopic (exact) mass is 452 g/mol. The number of imide groups is 1. The Bertz CT molecular complexity index is 1030. The SMILES string of the molecule is CC(C)OC(=O)c1cccc(NC2=C(Cl)C(=O)N(c3cc(Cl)cc(Cl)c3)C2=O)c1. The number of rotatable bonds is 5. The third-order valence-electron chi connectivity index (χ3n) is 3.84. The van der Waals surface area contributed by atoms with Gasteiger partial charge in [0.2, 0.25) is 0 Å². The second kappa shape index (κ2) is 8.45. The zero-order valence-electron chi connectivity index (χ0n) is 15.3. The maximum atomic E-state index is 12.8. The molecule has 1 heterocycles. The summed E-state index contributed by atoms with van der Waals surface area (Å²) in [6.07, 6.45) is -0.275. The topological polar surface area (TPSA) is 75.7 Å². The van der Waals surface area contributed by atoms with E-state index in [0.29, 0.717) is 5.69 Å². The lowest BCUT2D eigenvalue weighted by atomic mass is 10.2. The highest BCUT2D eigenvalue weighted by Crippen LogP contribution is 2.33. The summed E-state index contributed by atoms with van der Waals surface area (Å²) in [6.45, 7) is 3.48. The average molecular weight is 454 g/mol. The molecule has 2 aromatic rings. The highest BCUT2D eigenvalue weighted by Gasteiger charge is 2.39. The van der Waals surface area contributed by atoms with Crippen LogP contribution in [0, 0.1) is 0 Å². The van der Waals surface area contributed by atoms with Crippen LogP contribution in [0.2, 0.25) is 10.0 Å². The van der Waals surface area contributed by atoms with E-state index in [0.717, 1.165) is 4.90 Å². The van der Waals surface area contributed by atoms with Crippen molar-refractivity contribution in [1.29, 1.82) is 0 Å².